The summed E-state index contributed by atoms with van der Waals surface area (Å²) in [5.74, 6) is 0.597. The van der Waals surface area contributed by atoms with Gasteiger partial charge in [0.05, 0.1) is 10.4 Å². The first kappa shape index (κ1) is 16.0. The molecule has 5 aromatic rings. The summed E-state index contributed by atoms with van der Waals surface area (Å²) in [5.41, 5.74) is 5.83. The molecular formula is C21H16ClN5. The zero-order chi connectivity index (χ0) is 18.5. The Balaban J connectivity index is 1.83. The van der Waals surface area contributed by atoms with E-state index >= 15 is 0 Å². The number of aryl methyl sites for hydroxylation is 1. The van der Waals surface area contributed by atoms with E-state index in [9.17, 15) is 0 Å². The van der Waals surface area contributed by atoms with Crippen molar-refractivity contribution in [2.45, 2.75) is 13.8 Å². The van der Waals surface area contributed by atoms with Gasteiger partial charge >= 0.3 is 0 Å². The minimum Gasteiger partial charge on any atom is -0.298 e. The summed E-state index contributed by atoms with van der Waals surface area (Å²) in [4.78, 5) is 9.48. The van der Waals surface area contributed by atoms with Crippen LogP contribution in [0.25, 0.3) is 33.8 Å². The third kappa shape index (κ3) is 2.35. The molecule has 0 bridgehead atoms. The number of nitrogens with zero attached hydrogens (tertiary/aromatic N) is 5. The second kappa shape index (κ2) is 5.93. The van der Waals surface area contributed by atoms with E-state index in [1.807, 2.05) is 42.5 Å². The summed E-state index contributed by atoms with van der Waals surface area (Å²) in [6.45, 7) is 4.20. The van der Waals surface area contributed by atoms with Crippen LogP contribution in [0, 0.1) is 13.8 Å². The van der Waals surface area contributed by atoms with Gasteiger partial charge in [0.1, 0.15) is 6.33 Å². The Morgan fingerprint density at radius 1 is 0.889 bits per heavy atom. The predicted octanol–water partition coefficient (Wildman–Crippen LogP) is 5.01. The normalized spacial score (nSPS) is 11.5. The highest BCUT2D eigenvalue weighted by molar-refractivity contribution is 6.33. The first-order valence-electron chi connectivity index (χ1n) is 8.68. The third-order valence-corrected chi connectivity index (χ3v) is 5.29. The highest BCUT2D eigenvalue weighted by atomic mass is 35.5. The summed E-state index contributed by atoms with van der Waals surface area (Å²) >= 11 is 6.34. The maximum Gasteiger partial charge on any atom is 0.183 e. The van der Waals surface area contributed by atoms with E-state index in [1.54, 1.807) is 10.8 Å². The molecule has 3 heterocycles. The highest BCUT2D eigenvalue weighted by Gasteiger charge is 2.19. The minimum absolute atomic E-state index is 0.597. The SMILES string of the molecule is Cc1c(C)n(-c2ccccc2)c2ncn3nc(-c4ccccc4Cl)nc3c12. The molecule has 2 aromatic carbocycles. The van der Waals surface area contributed by atoms with Crippen molar-refractivity contribution in [2.75, 3.05) is 0 Å². The van der Waals surface area contributed by atoms with Crippen LogP contribution in [0.5, 0.6) is 0 Å². The van der Waals surface area contributed by atoms with E-state index < -0.39 is 0 Å². The average molecular weight is 374 g/mol. The van der Waals surface area contributed by atoms with Gasteiger partial charge in [0.15, 0.2) is 17.1 Å². The van der Waals surface area contributed by atoms with Crippen LogP contribution in [0.1, 0.15) is 11.3 Å². The van der Waals surface area contributed by atoms with Crippen molar-refractivity contribution in [1.82, 2.24) is 24.1 Å². The molecule has 0 saturated heterocycles. The molecule has 0 spiro atoms. The lowest BCUT2D eigenvalue weighted by Gasteiger charge is -2.07. The molecule has 27 heavy (non-hydrogen) atoms. The van der Waals surface area contributed by atoms with Crippen molar-refractivity contribution in [1.29, 1.82) is 0 Å². The van der Waals surface area contributed by atoms with Crippen molar-refractivity contribution >= 4 is 28.3 Å². The number of benzene rings is 2. The molecule has 0 radical (unpaired) electrons. The molecule has 0 unspecified atom stereocenters. The first-order valence-corrected chi connectivity index (χ1v) is 9.06. The van der Waals surface area contributed by atoms with Crippen molar-refractivity contribution < 1.29 is 0 Å². The monoisotopic (exact) mass is 373 g/mol. The molecule has 3 aromatic heterocycles. The molecule has 132 valence electrons. The van der Waals surface area contributed by atoms with Crippen molar-refractivity contribution in [3.63, 3.8) is 0 Å². The summed E-state index contributed by atoms with van der Waals surface area (Å²) in [6.07, 6.45) is 1.71. The predicted molar refractivity (Wildman–Crippen MR) is 108 cm³/mol. The lowest BCUT2D eigenvalue weighted by Crippen LogP contribution is -1.98. The van der Waals surface area contributed by atoms with Gasteiger partial charge in [-0.05, 0) is 43.7 Å². The molecule has 0 amide bonds. The summed E-state index contributed by atoms with van der Waals surface area (Å²) < 4.78 is 3.89. The van der Waals surface area contributed by atoms with Gasteiger partial charge < -0.3 is 0 Å². The van der Waals surface area contributed by atoms with Gasteiger partial charge in [0.2, 0.25) is 0 Å². The Morgan fingerprint density at radius 2 is 1.63 bits per heavy atom. The van der Waals surface area contributed by atoms with Crippen molar-refractivity contribution in [3.05, 3.63) is 77.2 Å². The van der Waals surface area contributed by atoms with Gasteiger partial charge in [0, 0.05) is 16.9 Å². The fourth-order valence-corrected chi connectivity index (χ4v) is 3.73. The Kier molecular flexibility index (Phi) is 3.52. The Bertz CT molecular complexity index is 1300. The largest absolute Gasteiger partial charge is 0.298 e. The van der Waals surface area contributed by atoms with E-state index in [2.05, 4.69) is 40.6 Å². The smallest absolute Gasteiger partial charge is 0.183 e. The van der Waals surface area contributed by atoms with Crippen molar-refractivity contribution in [3.8, 4) is 17.1 Å². The maximum absolute atomic E-state index is 6.34. The second-order valence-electron chi connectivity index (χ2n) is 6.51. The van der Waals surface area contributed by atoms with Gasteiger partial charge in [-0.2, -0.15) is 0 Å². The van der Waals surface area contributed by atoms with E-state index in [-0.39, 0.29) is 0 Å². The van der Waals surface area contributed by atoms with Crippen LogP contribution >= 0.6 is 11.6 Å². The van der Waals surface area contributed by atoms with Crippen LogP contribution < -0.4 is 0 Å². The first-order chi connectivity index (χ1) is 13.1. The molecule has 5 rings (SSSR count). The molecule has 0 fully saturated rings. The number of hydrogen-bond acceptors (Lipinski definition) is 3. The van der Waals surface area contributed by atoms with Crippen LogP contribution in [-0.4, -0.2) is 24.1 Å². The van der Waals surface area contributed by atoms with Crippen LogP contribution in [0.3, 0.4) is 0 Å². The number of aromatic nitrogens is 5. The molecule has 0 N–H and O–H groups in total. The van der Waals surface area contributed by atoms with Crippen LogP contribution in [0.4, 0.5) is 0 Å². The molecule has 6 heteroatoms. The van der Waals surface area contributed by atoms with E-state index in [4.69, 9.17) is 16.6 Å². The average Bonchev–Trinajstić information content (AvgIpc) is 3.22. The zero-order valence-corrected chi connectivity index (χ0v) is 15.6. The number of halogens is 1. The second-order valence-corrected chi connectivity index (χ2v) is 6.92. The van der Waals surface area contributed by atoms with Gasteiger partial charge in [-0.15, -0.1) is 5.10 Å². The Morgan fingerprint density at radius 3 is 2.41 bits per heavy atom. The lowest BCUT2D eigenvalue weighted by atomic mass is 10.2. The van der Waals surface area contributed by atoms with Crippen molar-refractivity contribution in [2.24, 2.45) is 0 Å². The third-order valence-electron chi connectivity index (χ3n) is 4.96. The number of rotatable bonds is 2. The molecule has 0 saturated carbocycles. The molecule has 5 nitrogen and oxygen atoms in total. The number of hydrogen-bond donors (Lipinski definition) is 0. The van der Waals surface area contributed by atoms with Crippen LogP contribution in [0.2, 0.25) is 5.02 Å². The zero-order valence-electron chi connectivity index (χ0n) is 14.9. The van der Waals surface area contributed by atoms with Crippen LogP contribution in [-0.2, 0) is 0 Å². The minimum atomic E-state index is 0.597. The van der Waals surface area contributed by atoms with Gasteiger partial charge in [-0.25, -0.2) is 14.5 Å². The maximum atomic E-state index is 6.34. The number of para-hydroxylation sites is 1. The topological polar surface area (TPSA) is 48.0 Å². The quantitative estimate of drug-likeness (QED) is 0.437. The summed E-state index contributed by atoms with van der Waals surface area (Å²) in [6, 6.07) is 17.8. The fourth-order valence-electron chi connectivity index (χ4n) is 3.51. The van der Waals surface area contributed by atoms with Gasteiger partial charge in [-0.1, -0.05) is 41.9 Å². The fraction of sp³-hybridized carbons (Fsp3) is 0.0952. The molecular weight excluding hydrogens is 358 g/mol. The molecule has 0 aliphatic heterocycles. The standard InChI is InChI=1S/C21H16ClN5/c1-13-14(2)27(15-8-4-3-5-9-15)20-18(13)21-24-19(25-26(21)12-23-20)16-10-6-7-11-17(16)22/h3-12H,1-2H3. The van der Waals surface area contributed by atoms with Crippen LogP contribution in [0.15, 0.2) is 60.9 Å². The molecule has 0 aliphatic rings. The summed E-state index contributed by atoms with van der Waals surface area (Å²) in [5, 5.41) is 6.23. The van der Waals surface area contributed by atoms with Gasteiger partial charge in [-0.3, -0.25) is 4.57 Å². The lowest BCUT2D eigenvalue weighted by molar-refractivity contribution is 0.927. The van der Waals surface area contributed by atoms with E-state index in [1.165, 1.54) is 0 Å². The Hall–Kier alpha value is -3.18. The summed E-state index contributed by atoms with van der Waals surface area (Å²) in [7, 11) is 0. The molecule has 0 aliphatic carbocycles. The Labute approximate surface area is 160 Å². The molecule has 0 atom stereocenters. The highest BCUT2D eigenvalue weighted by Crippen LogP contribution is 2.31. The van der Waals surface area contributed by atoms with E-state index in [0.29, 0.717) is 10.8 Å². The van der Waals surface area contributed by atoms with Gasteiger partial charge in [0.25, 0.3) is 0 Å². The number of fused-ring (bicyclic) bond motifs is 3. The van der Waals surface area contributed by atoms with E-state index in [0.717, 1.165) is 39.2 Å².